The Morgan fingerprint density at radius 1 is 1.14 bits per heavy atom. The minimum absolute atomic E-state index is 0. The molecule has 1 aliphatic heterocycles. The van der Waals surface area contributed by atoms with E-state index in [2.05, 4.69) is 15.3 Å². The summed E-state index contributed by atoms with van der Waals surface area (Å²) in [6.07, 6.45) is 9.74. The van der Waals surface area contributed by atoms with Gasteiger partial charge in [-0.05, 0) is 62.4 Å². The lowest BCUT2D eigenvalue weighted by atomic mass is 9.84. The fourth-order valence-corrected chi connectivity index (χ4v) is 6.55. The van der Waals surface area contributed by atoms with Gasteiger partial charge in [0.15, 0.2) is 0 Å². The first kappa shape index (κ1) is 24.3. The van der Waals surface area contributed by atoms with Gasteiger partial charge in [-0.25, -0.2) is 19.7 Å². The Kier molecular flexibility index (Phi) is 5.97. The standard InChI is InChI=1S/C28H33N5O3S.H2/c1-18-24(25(20-7-8-20)31-17-30-18)22-11-12-23-26(32-22)28(13-3-4-14-28)16-33(23)27(34)29-15-19-5-9-21(10-6-19)37(2,35)36;/h5-6,9-12,17,20,35-36H,3-4,7-8,13-16H2,1-2H3,(H,29,34);1H. The van der Waals surface area contributed by atoms with E-state index in [0.717, 1.165) is 78.1 Å². The molecule has 8 nitrogen and oxygen atoms in total. The maximum absolute atomic E-state index is 13.4. The normalized spacial score (nSPS) is 18.8. The molecule has 2 saturated carbocycles. The van der Waals surface area contributed by atoms with Crippen LogP contribution in [0, 0.1) is 6.92 Å². The Morgan fingerprint density at radius 2 is 1.86 bits per heavy atom. The third kappa shape index (κ3) is 4.49. The summed E-state index contributed by atoms with van der Waals surface area (Å²) < 4.78 is 19.7. The number of nitrogens with one attached hydrogen (secondary N) is 1. The topological polar surface area (TPSA) is 111 Å². The van der Waals surface area contributed by atoms with Crippen LogP contribution in [0.25, 0.3) is 11.3 Å². The van der Waals surface area contributed by atoms with Gasteiger partial charge in [0.05, 0.1) is 33.4 Å². The molecule has 196 valence electrons. The van der Waals surface area contributed by atoms with Crippen LogP contribution in [-0.4, -0.2) is 42.9 Å². The monoisotopic (exact) mass is 521 g/mol. The highest BCUT2D eigenvalue weighted by molar-refractivity contribution is 8.23. The molecule has 0 unspecified atom stereocenters. The van der Waals surface area contributed by atoms with E-state index in [1.165, 1.54) is 6.26 Å². The highest BCUT2D eigenvalue weighted by Gasteiger charge is 2.48. The molecular formula is C28H35N5O3S. The van der Waals surface area contributed by atoms with Gasteiger partial charge in [0.1, 0.15) is 6.33 Å². The number of benzene rings is 1. The first-order chi connectivity index (χ1) is 17.7. The van der Waals surface area contributed by atoms with Gasteiger partial charge < -0.3 is 5.32 Å². The van der Waals surface area contributed by atoms with Gasteiger partial charge in [-0.15, -0.1) is 0 Å². The van der Waals surface area contributed by atoms with Gasteiger partial charge in [0.25, 0.3) is 0 Å². The number of hydrogen-bond donors (Lipinski definition) is 3. The van der Waals surface area contributed by atoms with Crippen molar-refractivity contribution in [3.05, 3.63) is 65.4 Å². The Bertz CT molecular complexity index is 1350. The summed E-state index contributed by atoms with van der Waals surface area (Å²) in [4.78, 5) is 30.1. The third-order valence-corrected chi connectivity index (χ3v) is 9.20. The van der Waals surface area contributed by atoms with Crippen molar-refractivity contribution in [1.82, 2.24) is 20.3 Å². The summed E-state index contributed by atoms with van der Waals surface area (Å²) >= 11 is 0. The Balaban J connectivity index is 0.00000294. The molecule has 2 aliphatic carbocycles. The third-order valence-electron chi connectivity index (χ3n) is 8.03. The molecule has 3 aromatic rings. The zero-order valence-electron chi connectivity index (χ0n) is 21.3. The predicted molar refractivity (Wildman–Crippen MR) is 147 cm³/mol. The zero-order valence-corrected chi connectivity index (χ0v) is 22.1. The Hall–Kier alpha value is -3.01. The number of carbonyl (C=O) groups excluding carboxylic acids is 1. The fourth-order valence-electron chi connectivity index (χ4n) is 5.90. The Morgan fingerprint density at radius 3 is 2.54 bits per heavy atom. The number of anilines is 1. The van der Waals surface area contributed by atoms with Crippen LogP contribution in [0.15, 0.2) is 47.6 Å². The second kappa shape index (κ2) is 9.08. The highest BCUT2D eigenvalue weighted by atomic mass is 32.3. The lowest BCUT2D eigenvalue weighted by Gasteiger charge is -2.27. The SMILES string of the molecule is Cc1ncnc(C2CC2)c1-c1ccc2c(n1)C1(CCCC1)CN2C(=O)NCc1ccc(S(C)(O)O)cc1.[HH]. The summed E-state index contributed by atoms with van der Waals surface area (Å²) in [7, 11) is -2.75. The van der Waals surface area contributed by atoms with Crippen molar-refractivity contribution in [3.63, 3.8) is 0 Å². The molecule has 2 aromatic heterocycles. The van der Waals surface area contributed by atoms with E-state index in [4.69, 9.17) is 4.98 Å². The van der Waals surface area contributed by atoms with Gasteiger partial charge in [0.2, 0.25) is 0 Å². The van der Waals surface area contributed by atoms with Crippen LogP contribution in [0.1, 0.15) is 68.5 Å². The number of amides is 2. The number of nitrogens with zero attached hydrogens (tertiary/aromatic N) is 4. The number of carbonyl (C=O) groups is 1. The fraction of sp³-hybridized carbons (Fsp3) is 0.429. The number of fused-ring (bicyclic) bond motifs is 2. The van der Waals surface area contributed by atoms with E-state index in [0.29, 0.717) is 23.9 Å². The minimum atomic E-state index is -2.75. The van der Waals surface area contributed by atoms with E-state index in [9.17, 15) is 13.9 Å². The van der Waals surface area contributed by atoms with Gasteiger partial charge in [-0.1, -0.05) is 25.0 Å². The van der Waals surface area contributed by atoms with Gasteiger partial charge >= 0.3 is 6.03 Å². The number of aromatic nitrogens is 3. The lowest BCUT2D eigenvalue weighted by Crippen LogP contribution is -2.41. The summed E-state index contributed by atoms with van der Waals surface area (Å²) in [6.45, 7) is 3.02. The van der Waals surface area contributed by atoms with E-state index in [1.807, 2.05) is 36.1 Å². The van der Waals surface area contributed by atoms with Crippen LogP contribution in [0.4, 0.5) is 10.5 Å². The minimum Gasteiger partial charge on any atom is -0.334 e. The summed E-state index contributed by atoms with van der Waals surface area (Å²) in [5.74, 6) is 0.494. The highest BCUT2D eigenvalue weighted by Crippen LogP contribution is 2.51. The summed E-state index contributed by atoms with van der Waals surface area (Å²) in [5, 5.41) is 3.06. The van der Waals surface area contributed by atoms with Crippen LogP contribution in [-0.2, 0) is 12.0 Å². The van der Waals surface area contributed by atoms with Crippen molar-refractivity contribution in [1.29, 1.82) is 0 Å². The van der Waals surface area contributed by atoms with Crippen molar-refractivity contribution >= 4 is 22.3 Å². The van der Waals surface area contributed by atoms with Gasteiger partial charge in [0, 0.05) is 37.7 Å². The zero-order chi connectivity index (χ0) is 25.8. The van der Waals surface area contributed by atoms with Crippen LogP contribution >= 0.6 is 10.6 Å². The predicted octanol–water partition coefficient (Wildman–Crippen LogP) is 6.25. The van der Waals surface area contributed by atoms with E-state index < -0.39 is 10.6 Å². The number of pyridine rings is 1. The maximum Gasteiger partial charge on any atom is 0.322 e. The first-order valence-electron chi connectivity index (χ1n) is 13.0. The maximum atomic E-state index is 13.4. The average molecular weight is 522 g/mol. The van der Waals surface area contributed by atoms with Crippen molar-refractivity contribution in [3.8, 4) is 11.3 Å². The van der Waals surface area contributed by atoms with Crippen molar-refractivity contribution in [2.75, 3.05) is 17.7 Å². The largest absolute Gasteiger partial charge is 0.334 e. The van der Waals surface area contributed by atoms with Gasteiger partial charge in [-0.2, -0.15) is 10.6 Å². The molecule has 1 spiro atoms. The second-order valence-electron chi connectivity index (χ2n) is 10.8. The molecule has 0 bridgehead atoms. The quantitative estimate of drug-likeness (QED) is 0.366. The van der Waals surface area contributed by atoms with Crippen molar-refractivity contribution < 1.29 is 15.3 Å². The summed E-state index contributed by atoms with van der Waals surface area (Å²) in [6, 6.07) is 11.0. The van der Waals surface area contributed by atoms with Gasteiger partial charge in [-0.3, -0.25) is 14.0 Å². The molecule has 0 atom stereocenters. The molecule has 0 saturated heterocycles. The van der Waals surface area contributed by atoms with Crippen molar-refractivity contribution in [2.24, 2.45) is 0 Å². The molecule has 3 aliphatic rings. The molecule has 3 heterocycles. The molecular weight excluding hydrogens is 486 g/mol. The molecule has 2 fully saturated rings. The first-order valence-corrected chi connectivity index (χ1v) is 14.9. The van der Waals surface area contributed by atoms with E-state index in [1.54, 1.807) is 18.5 Å². The number of urea groups is 1. The molecule has 37 heavy (non-hydrogen) atoms. The summed E-state index contributed by atoms with van der Waals surface area (Å²) in [5.41, 5.74) is 6.72. The molecule has 3 N–H and O–H groups in total. The van der Waals surface area contributed by atoms with Crippen LogP contribution in [0.5, 0.6) is 0 Å². The van der Waals surface area contributed by atoms with Crippen LogP contribution in [0.3, 0.4) is 0 Å². The molecule has 2 amide bonds. The number of hydrogen-bond acceptors (Lipinski definition) is 6. The number of rotatable bonds is 5. The average Bonchev–Trinajstić information content (AvgIpc) is 3.54. The van der Waals surface area contributed by atoms with Crippen molar-refractivity contribution in [2.45, 2.75) is 68.2 Å². The Labute approximate surface area is 220 Å². The van der Waals surface area contributed by atoms with E-state index in [-0.39, 0.29) is 12.9 Å². The second-order valence-corrected chi connectivity index (χ2v) is 12.9. The molecule has 0 radical (unpaired) electrons. The molecule has 6 rings (SSSR count). The van der Waals surface area contributed by atoms with Crippen LogP contribution in [0.2, 0.25) is 0 Å². The van der Waals surface area contributed by atoms with Crippen LogP contribution < -0.4 is 10.2 Å². The number of aryl methyl sites for hydroxylation is 1. The lowest BCUT2D eigenvalue weighted by molar-refractivity contribution is 0.245. The smallest absolute Gasteiger partial charge is 0.322 e. The molecule has 9 heteroatoms. The molecule has 1 aromatic carbocycles. The van der Waals surface area contributed by atoms with E-state index >= 15 is 0 Å².